The van der Waals surface area contributed by atoms with E-state index in [1.54, 1.807) is 4.90 Å². The normalized spacial score (nSPS) is 27.5. The molecule has 1 unspecified atom stereocenters. The highest BCUT2D eigenvalue weighted by molar-refractivity contribution is 5.91. The molecule has 0 aliphatic carbocycles. The van der Waals surface area contributed by atoms with E-state index in [1.807, 2.05) is 30.3 Å². The van der Waals surface area contributed by atoms with Crippen LogP contribution in [-0.2, 0) is 14.3 Å². The van der Waals surface area contributed by atoms with E-state index in [0.717, 1.165) is 5.56 Å². The summed E-state index contributed by atoms with van der Waals surface area (Å²) in [7, 11) is 0. The number of amides is 2. The molecular formula is C14H16N2O3. The van der Waals surface area contributed by atoms with Crippen molar-refractivity contribution in [2.75, 3.05) is 19.8 Å². The SMILES string of the molecule is O=C1CC2COCCN2C(=O)[C@H](c2ccccc2)N1. The average molecular weight is 260 g/mol. The van der Waals surface area contributed by atoms with Crippen molar-refractivity contribution < 1.29 is 14.3 Å². The largest absolute Gasteiger partial charge is 0.377 e. The first-order valence-corrected chi connectivity index (χ1v) is 6.48. The number of hydrogen-bond donors (Lipinski definition) is 1. The fourth-order valence-corrected chi connectivity index (χ4v) is 2.65. The molecule has 1 aromatic rings. The summed E-state index contributed by atoms with van der Waals surface area (Å²) < 4.78 is 5.36. The van der Waals surface area contributed by atoms with Crippen molar-refractivity contribution in [3.05, 3.63) is 35.9 Å². The van der Waals surface area contributed by atoms with Crippen LogP contribution < -0.4 is 5.32 Å². The van der Waals surface area contributed by atoms with Gasteiger partial charge < -0.3 is 15.0 Å². The lowest BCUT2D eigenvalue weighted by molar-refractivity contribution is -0.140. The van der Waals surface area contributed by atoms with Crippen molar-refractivity contribution in [3.63, 3.8) is 0 Å². The van der Waals surface area contributed by atoms with Gasteiger partial charge in [-0.2, -0.15) is 0 Å². The Labute approximate surface area is 111 Å². The van der Waals surface area contributed by atoms with E-state index < -0.39 is 6.04 Å². The molecule has 0 spiro atoms. The monoisotopic (exact) mass is 260 g/mol. The van der Waals surface area contributed by atoms with E-state index in [1.165, 1.54) is 0 Å². The van der Waals surface area contributed by atoms with Crippen LogP contribution in [-0.4, -0.2) is 42.5 Å². The lowest BCUT2D eigenvalue weighted by atomic mass is 10.1. The summed E-state index contributed by atoms with van der Waals surface area (Å²) in [6.07, 6.45) is 0.315. The molecule has 5 nitrogen and oxygen atoms in total. The van der Waals surface area contributed by atoms with E-state index in [2.05, 4.69) is 5.32 Å². The fourth-order valence-electron chi connectivity index (χ4n) is 2.65. The molecule has 2 aliphatic heterocycles. The first-order chi connectivity index (χ1) is 9.25. The van der Waals surface area contributed by atoms with Gasteiger partial charge in [-0.25, -0.2) is 0 Å². The summed E-state index contributed by atoms with van der Waals surface area (Å²) in [5, 5.41) is 2.82. The van der Waals surface area contributed by atoms with Gasteiger partial charge in [-0.3, -0.25) is 9.59 Å². The van der Waals surface area contributed by atoms with E-state index in [9.17, 15) is 9.59 Å². The average Bonchev–Trinajstić information content (AvgIpc) is 2.57. The zero-order valence-electron chi connectivity index (χ0n) is 10.5. The molecule has 0 radical (unpaired) electrons. The Hall–Kier alpha value is -1.88. The molecule has 2 fully saturated rings. The third kappa shape index (κ3) is 2.33. The summed E-state index contributed by atoms with van der Waals surface area (Å²) >= 11 is 0. The number of carbonyl (C=O) groups excluding carboxylic acids is 2. The Bertz CT molecular complexity index is 489. The maximum absolute atomic E-state index is 12.6. The van der Waals surface area contributed by atoms with Crippen molar-refractivity contribution >= 4 is 11.8 Å². The van der Waals surface area contributed by atoms with Gasteiger partial charge in [0.15, 0.2) is 0 Å². The quantitative estimate of drug-likeness (QED) is 0.798. The second-order valence-corrected chi connectivity index (χ2v) is 4.88. The lowest BCUT2D eigenvalue weighted by Crippen LogP contribution is -2.49. The molecular weight excluding hydrogens is 244 g/mol. The summed E-state index contributed by atoms with van der Waals surface area (Å²) in [5.41, 5.74) is 0.827. The molecule has 5 heteroatoms. The van der Waals surface area contributed by atoms with E-state index in [-0.39, 0.29) is 17.9 Å². The summed E-state index contributed by atoms with van der Waals surface area (Å²) in [4.78, 5) is 26.3. The Kier molecular flexibility index (Phi) is 3.21. The summed E-state index contributed by atoms with van der Waals surface area (Å²) in [6, 6.07) is 8.66. The minimum absolute atomic E-state index is 0.0367. The van der Waals surface area contributed by atoms with Gasteiger partial charge in [0, 0.05) is 13.0 Å². The topological polar surface area (TPSA) is 58.6 Å². The molecule has 2 atom stereocenters. The van der Waals surface area contributed by atoms with Gasteiger partial charge in [-0.05, 0) is 5.56 Å². The van der Waals surface area contributed by atoms with Crippen LogP contribution in [0.2, 0.25) is 0 Å². The number of nitrogens with one attached hydrogen (secondary N) is 1. The maximum atomic E-state index is 12.6. The van der Waals surface area contributed by atoms with Crippen LogP contribution in [0.1, 0.15) is 18.0 Å². The van der Waals surface area contributed by atoms with Crippen LogP contribution in [0.4, 0.5) is 0 Å². The van der Waals surface area contributed by atoms with Crippen molar-refractivity contribution in [2.24, 2.45) is 0 Å². The summed E-state index contributed by atoms with van der Waals surface area (Å²) in [5.74, 6) is -0.134. The molecule has 2 saturated heterocycles. The van der Waals surface area contributed by atoms with Gasteiger partial charge in [-0.1, -0.05) is 30.3 Å². The van der Waals surface area contributed by atoms with Gasteiger partial charge in [0.2, 0.25) is 11.8 Å². The van der Waals surface area contributed by atoms with Crippen molar-refractivity contribution in [3.8, 4) is 0 Å². The molecule has 3 rings (SSSR count). The Morgan fingerprint density at radius 2 is 2.00 bits per heavy atom. The van der Waals surface area contributed by atoms with Crippen LogP contribution in [0.25, 0.3) is 0 Å². The van der Waals surface area contributed by atoms with E-state index in [4.69, 9.17) is 4.74 Å². The van der Waals surface area contributed by atoms with Crippen molar-refractivity contribution in [1.29, 1.82) is 0 Å². The smallest absolute Gasteiger partial charge is 0.250 e. The molecule has 1 N–H and O–H groups in total. The minimum Gasteiger partial charge on any atom is -0.377 e. The standard InChI is InChI=1S/C14H16N2O3/c17-12-8-11-9-19-7-6-16(11)14(18)13(15-12)10-4-2-1-3-5-10/h1-5,11,13H,6-9H2,(H,15,17)/t11?,13-/m0/s1. The highest BCUT2D eigenvalue weighted by Gasteiger charge is 2.38. The van der Waals surface area contributed by atoms with Crippen molar-refractivity contribution in [1.82, 2.24) is 10.2 Å². The zero-order valence-corrected chi connectivity index (χ0v) is 10.5. The lowest BCUT2D eigenvalue weighted by Gasteiger charge is -2.34. The van der Waals surface area contributed by atoms with Crippen LogP contribution in [0.3, 0.4) is 0 Å². The van der Waals surface area contributed by atoms with E-state index in [0.29, 0.717) is 26.2 Å². The summed E-state index contributed by atoms with van der Waals surface area (Å²) in [6.45, 7) is 1.54. The Balaban J connectivity index is 1.92. The van der Waals surface area contributed by atoms with Gasteiger partial charge in [0.1, 0.15) is 6.04 Å². The molecule has 1 aromatic carbocycles. The molecule has 100 valence electrons. The minimum atomic E-state index is -0.572. The predicted octanol–water partition coefficient (Wildman–Crippen LogP) is 0.475. The number of nitrogens with zero attached hydrogens (tertiary/aromatic N) is 1. The molecule has 2 heterocycles. The number of ether oxygens (including phenoxy) is 1. The van der Waals surface area contributed by atoms with Gasteiger partial charge in [-0.15, -0.1) is 0 Å². The first-order valence-electron chi connectivity index (χ1n) is 6.48. The first kappa shape index (κ1) is 12.2. The Morgan fingerprint density at radius 3 is 2.79 bits per heavy atom. The maximum Gasteiger partial charge on any atom is 0.250 e. The van der Waals surface area contributed by atoms with Crippen LogP contribution in [0.15, 0.2) is 30.3 Å². The van der Waals surface area contributed by atoms with Gasteiger partial charge in [0.05, 0.1) is 19.3 Å². The molecule has 2 aliphatic rings. The molecule has 0 saturated carbocycles. The van der Waals surface area contributed by atoms with Crippen LogP contribution in [0, 0.1) is 0 Å². The van der Waals surface area contributed by atoms with Crippen LogP contribution >= 0.6 is 0 Å². The number of rotatable bonds is 1. The number of morpholine rings is 1. The molecule has 2 amide bonds. The molecule has 0 bridgehead atoms. The Morgan fingerprint density at radius 1 is 1.21 bits per heavy atom. The second-order valence-electron chi connectivity index (χ2n) is 4.88. The number of fused-ring (bicyclic) bond motifs is 1. The zero-order chi connectivity index (χ0) is 13.2. The number of benzene rings is 1. The van der Waals surface area contributed by atoms with Crippen molar-refractivity contribution in [2.45, 2.75) is 18.5 Å². The molecule has 19 heavy (non-hydrogen) atoms. The third-order valence-electron chi connectivity index (χ3n) is 3.62. The van der Waals surface area contributed by atoms with Gasteiger partial charge >= 0.3 is 0 Å². The second kappa shape index (κ2) is 5.01. The highest BCUT2D eigenvalue weighted by Crippen LogP contribution is 2.23. The number of carbonyl (C=O) groups is 2. The number of hydrogen-bond acceptors (Lipinski definition) is 3. The molecule has 0 aromatic heterocycles. The predicted molar refractivity (Wildman–Crippen MR) is 68.3 cm³/mol. The third-order valence-corrected chi connectivity index (χ3v) is 3.62. The highest BCUT2D eigenvalue weighted by atomic mass is 16.5. The van der Waals surface area contributed by atoms with Gasteiger partial charge in [0.25, 0.3) is 0 Å². The van der Waals surface area contributed by atoms with E-state index >= 15 is 0 Å². The van der Waals surface area contributed by atoms with Crippen LogP contribution in [0.5, 0.6) is 0 Å². The fraction of sp³-hybridized carbons (Fsp3) is 0.429.